The average Bonchev–Trinajstić information content (AvgIpc) is 3.07. The number of hydrogen-bond acceptors (Lipinski definition) is 0. The average molecular weight is 295 g/mol. The Morgan fingerprint density at radius 1 is 0.905 bits per heavy atom. The predicted molar refractivity (Wildman–Crippen MR) is 96.5 cm³/mol. The third kappa shape index (κ3) is 7.20. The van der Waals surface area contributed by atoms with Crippen LogP contribution in [0.15, 0.2) is 0 Å². The van der Waals surface area contributed by atoms with Crippen LogP contribution in [-0.4, -0.2) is 0 Å². The second-order valence-corrected chi connectivity index (χ2v) is 8.72. The molecule has 0 aromatic heterocycles. The van der Waals surface area contributed by atoms with E-state index in [0.29, 0.717) is 0 Å². The van der Waals surface area contributed by atoms with Gasteiger partial charge in [0.15, 0.2) is 0 Å². The topological polar surface area (TPSA) is 0 Å². The van der Waals surface area contributed by atoms with E-state index in [4.69, 9.17) is 0 Å². The van der Waals surface area contributed by atoms with E-state index in [1.807, 2.05) is 0 Å². The van der Waals surface area contributed by atoms with Crippen molar-refractivity contribution in [2.24, 2.45) is 35.5 Å². The number of hydrogen-bond donors (Lipinski definition) is 0. The zero-order chi connectivity index (χ0) is 15.8. The van der Waals surface area contributed by atoms with Crippen molar-refractivity contribution in [3.8, 4) is 0 Å². The lowest BCUT2D eigenvalue weighted by atomic mass is 9.84. The van der Waals surface area contributed by atoms with Crippen molar-refractivity contribution >= 4 is 0 Å². The zero-order valence-electron chi connectivity index (χ0n) is 15.8. The van der Waals surface area contributed by atoms with Crippen LogP contribution in [0.4, 0.5) is 0 Å². The summed E-state index contributed by atoms with van der Waals surface area (Å²) >= 11 is 0. The molecule has 0 aliphatic heterocycles. The van der Waals surface area contributed by atoms with Gasteiger partial charge in [-0.2, -0.15) is 0 Å². The highest BCUT2D eigenvalue weighted by Gasteiger charge is 2.24. The van der Waals surface area contributed by atoms with Crippen LogP contribution in [0.1, 0.15) is 99.3 Å². The Kier molecular flexibility index (Phi) is 8.98. The molecule has 21 heavy (non-hydrogen) atoms. The second kappa shape index (κ2) is 9.90. The molecule has 0 heteroatoms. The molecule has 0 nitrogen and oxygen atoms in total. The van der Waals surface area contributed by atoms with E-state index >= 15 is 0 Å². The predicted octanol–water partition coefficient (Wildman–Crippen LogP) is 7.33. The van der Waals surface area contributed by atoms with Gasteiger partial charge in [0.2, 0.25) is 0 Å². The highest BCUT2D eigenvalue weighted by Crippen LogP contribution is 2.36. The summed E-state index contributed by atoms with van der Waals surface area (Å²) < 4.78 is 0. The van der Waals surface area contributed by atoms with Gasteiger partial charge in [0.25, 0.3) is 0 Å². The largest absolute Gasteiger partial charge is 0.0651 e. The summed E-state index contributed by atoms with van der Waals surface area (Å²) in [4.78, 5) is 0. The van der Waals surface area contributed by atoms with Gasteiger partial charge in [0, 0.05) is 0 Å². The molecule has 2 saturated carbocycles. The SMILES string of the molecule is CC(C)C1CCCC1.CCC(CC1CC[C@H](C)C1)C(C)C. The summed E-state index contributed by atoms with van der Waals surface area (Å²) in [5.74, 6) is 5.95. The molecule has 2 rings (SSSR count). The molecule has 2 aliphatic rings. The van der Waals surface area contributed by atoms with Crippen LogP contribution in [0.3, 0.4) is 0 Å². The first-order valence-corrected chi connectivity index (χ1v) is 9.93. The van der Waals surface area contributed by atoms with Crippen LogP contribution in [-0.2, 0) is 0 Å². The molecule has 0 heterocycles. The van der Waals surface area contributed by atoms with Crippen LogP contribution in [0.25, 0.3) is 0 Å². The minimum Gasteiger partial charge on any atom is -0.0651 e. The Hall–Kier alpha value is 0. The van der Waals surface area contributed by atoms with E-state index in [0.717, 1.165) is 35.5 Å². The van der Waals surface area contributed by atoms with Crippen molar-refractivity contribution in [1.82, 2.24) is 0 Å². The molecule has 126 valence electrons. The van der Waals surface area contributed by atoms with Gasteiger partial charge in [-0.25, -0.2) is 0 Å². The minimum absolute atomic E-state index is 0.890. The Labute approximate surface area is 135 Å². The molecular formula is C21H42. The Morgan fingerprint density at radius 2 is 1.52 bits per heavy atom. The quantitative estimate of drug-likeness (QED) is 0.498. The van der Waals surface area contributed by atoms with E-state index in [1.54, 1.807) is 0 Å². The first kappa shape index (κ1) is 19.0. The Bertz CT molecular complexity index is 247. The van der Waals surface area contributed by atoms with Gasteiger partial charge in [-0.1, -0.05) is 86.5 Å². The van der Waals surface area contributed by atoms with Gasteiger partial charge in [-0.05, 0) is 48.3 Å². The Morgan fingerprint density at radius 3 is 1.86 bits per heavy atom. The molecule has 0 amide bonds. The van der Waals surface area contributed by atoms with Gasteiger partial charge < -0.3 is 0 Å². The first-order chi connectivity index (χ1) is 9.93. The zero-order valence-corrected chi connectivity index (χ0v) is 15.8. The summed E-state index contributed by atoms with van der Waals surface area (Å²) in [7, 11) is 0. The summed E-state index contributed by atoms with van der Waals surface area (Å²) in [6.07, 6.45) is 13.3. The Balaban J connectivity index is 0.000000235. The lowest BCUT2D eigenvalue weighted by Gasteiger charge is -2.22. The fourth-order valence-electron chi connectivity index (χ4n) is 4.50. The third-order valence-corrected chi connectivity index (χ3v) is 6.25. The summed E-state index contributed by atoms with van der Waals surface area (Å²) in [5, 5.41) is 0. The molecule has 0 N–H and O–H groups in total. The van der Waals surface area contributed by atoms with Crippen molar-refractivity contribution in [2.45, 2.75) is 99.3 Å². The highest BCUT2D eigenvalue weighted by atomic mass is 14.3. The van der Waals surface area contributed by atoms with Gasteiger partial charge in [-0.3, -0.25) is 0 Å². The van der Waals surface area contributed by atoms with Gasteiger partial charge in [-0.15, -0.1) is 0 Å². The monoisotopic (exact) mass is 294 g/mol. The van der Waals surface area contributed by atoms with Crippen LogP contribution in [0, 0.1) is 35.5 Å². The molecule has 2 unspecified atom stereocenters. The molecule has 0 spiro atoms. The summed E-state index contributed by atoms with van der Waals surface area (Å²) in [5.41, 5.74) is 0. The van der Waals surface area contributed by atoms with Crippen LogP contribution in [0.2, 0.25) is 0 Å². The molecule has 2 aliphatic carbocycles. The highest BCUT2D eigenvalue weighted by molar-refractivity contribution is 4.76. The van der Waals surface area contributed by atoms with Crippen LogP contribution < -0.4 is 0 Å². The van der Waals surface area contributed by atoms with E-state index < -0.39 is 0 Å². The molecular weight excluding hydrogens is 252 g/mol. The molecule has 3 atom stereocenters. The minimum atomic E-state index is 0.890. The van der Waals surface area contributed by atoms with Crippen LogP contribution in [0.5, 0.6) is 0 Å². The lowest BCUT2D eigenvalue weighted by molar-refractivity contribution is 0.287. The van der Waals surface area contributed by atoms with Crippen molar-refractivity contribution in [1.29, 1.82) is 0 Å². The van der Waals surface area contributed by atoms with Gasteiger partial charge in [0.05, 0.1) is 0 Å². The lowest BCUT2D eigenvalue weighted by Crippen LogP contribution is -2.12. The van der Waals surface area contributed by atoms with Crippen molar-refractivity contribution in [2.75, 3.05) is 0 Å². The van der Waals surface area contributed by atoms with Crippen molar-refractivity contribution in [3.05, 3.63) is 0 Å². The standard InChI is InChI=1S/C13H26.C8H16/c1-5-13(10(2)3)9-12-7-6-11(4)8-12;1-7(2)8-5-3-4-6-8/h10-13H,5-9H2,1-4H3;7-8H,3-6H2,1-2H3/t11-,12?,13?;/m0./s1. The van der Waals surface area contributed by atoms with Crippen LogP contribution >= 0.6 is 0 Å². The van der Waals surface area contributed by atoms with Gasteiger partial charge >= 0.3 is 0 Å². The molecule has 2 fully saturated rings. The third-order valence-electron chi connectivity index (χ3n) is 6.25. The van der Waals surface area contributed by atoms with Gasteiger partial charge in [0.1, 0.15) is 0 Å². The normalized spacial score (nSPS) is 28.0. The summed E-state index contributed by atoms with van der Waals surface area (Å²) in [6, 6.07) is 0. The maximum atomic E-state index is 2.41. The molecule has 0 aromatic carbocycles. The molecule has 0 saturated heterocycles. The maximum Gasteiger partial charge on any atom is -0.0391 e. The van der Waals surface area contributed by atoms with E-state index in [-0.39, 0.29) is 0 Å². The molecule has 0 radical (unpaired) electrons. The van der Waals surface area contributed by atoms with Crippen molar-refractivity contribution < 1.29 is 0 Å². The van der Waals surface area contributed by atoms with E-state index in [2.05, 4.69) is 41.5 Å². The second-order valence-electron chi connectivity index (χ2n) is 8.72. The maximum absolute atomic E-state index is 2.41. The fourth-order valence-corrected chi connectivity index (χ4v) is 4.50. The fraction of sp³-hybridized carbons (Fsp3) is 1.00. The van der Waals surface area contributed by atoms with E-state index in [1.165, 1.54) is 57.8 Å². The number of rotatable bonds is 5. The smallest absolute Gasteiger partial charge is 0.0391 e. The van der Waals surface area contributed by atoms with Crippen molar-refractivity contribution in [3.63, 3.8) is 0 Å². The summed E-state index contributed by atoms with van der Waals surface area (Å²) in [6.45, 7) is 14.2. The first-order valence-electron chi connectivity index (χ1n) is 9.93. The van der Waals surface area contributed by atoms with E-state index in [9.17, 15) is 0 Å². The molecule has 0 aromatic rings. The molecule has 0 bridgehead atoms.